The average molecular weight is 465 g/mol. The van der Waals surface area contributed by atoms with E-state index in [9.17, 15) is 22.0 Å². The van der Waals surface area contributed by atoms with Gasteiger partial charge in [-0.3, -0.25) is 0 Å². The summed E-state index contributed by atoms with van der Waals surface area (Å²) in [5.74, 6) is -0.200. The van der Waals surface area contributed by atoms with E-state index < -0.39 is 18.7 Å². The van der Waals surface area contributed by atoms with E-state index in [1.165, 1.54) is 18.3 Å². The maximum absolute atomic E-state index is 12.9. The summed E-state index contributed by atoms with van der Waals surface area (Å²) in [5, 5.41) is 11.1. The van der Waals surface area contributed by atoms with E-state index in [1.807, 2.05) is 4.90 Å². The molecular weight excluding hydrogens is 445 g/mol. The van der Waals surface area contributed by atoms with Crippen molar-refractivity contribution in [2.45, 2.75) is 25.6 Å². The van der Waals surface area contributed by atoms with Crippen molar-refractivity contribution < 1.29 is 26.7 Å². The number of piperidine rings is 1. The molecule has 1 saturated heterocycles. The highest BCUT2D eigenvalue weighted by atomic mass is 19.4. The summed E-state index contributed by atoms with van der Waals surface area (Å²) in [6, 6.07) is 11.3. The van der Waals surface area contributed by atoms with Crippen LogP contribution in [0.25, 0.3) is 11.1 Å². The standard InChI is InChI=1S/C22H20F5N5O/c23-21(24)33-18-3-1-14(2-4-18)15-11-19(31-29-13-15)30-17-5-8-28-20(12-17)32-9-6-16(7-10-32)22(25,26)27/h1-5,8,11-13,16,21H,6-7,9-10H2,(H,28,30,31). The van der Waals surface area contributed by atoms with Crippen molar-refractivity contribution in [3.63, 3.8) is 0 Å². The molecule has 4 rings (SSSR count). The van der Waals surface area contributed by atoms with Crippen LogP contribution in [-0.2, 0) is 0 Å². The largest absolute Gasteiger partial charge is 0.435 e. The van der Waals surface area contributed by atoms with Crippen molar-refractivity contribution in [3.8, 4) is 16.9 Å². The molecule has 1 aliphatic rings. The molecule has 0 amide bonds. The lowest BCUT2D eigenvalue weighted by atomic mass is 9.96. The van der Waals surface area contributed by atoms with Crippen molar-refractivity contribution >= 4 is 17.3 Å². The van der Waals surface area contributed by atoms with Crippen molar-refractivity contribution in [2.75, 3.05) is 23.3 Å². The number of hydrogen-bond donors (Lipinski definition) is 1. The van der Waals surface area contributed by atoms with Crippen molar-refractivity contribution in [2.24, 2.45) is 5.92 Å². The van der Waals surface area contributed by atoms with Crippen molar-refractivity contribution in [3.05, 3.63) is 54.9 Å². The van der Waals surface area contributed by atoms with Crippen molar-refractivity contribution in [1.29, 1.82) is 0 Å². The molecule has 33 heavy (non-hydrogen) atoms. The Kier molecular flexibility index (Phi) is 6.57. The molecule has 0 radical (unpaired) electrons. The Labute approximate surface area is 186 Å². The van der Waals surface area contributed by atoms with Gasteiger partial charge < -0.3 is 15.0 Å². The van der Waals surface area contributed by atoms with Gasteiger partial charge >= 0.3 is 12.8 Å². The monoisotopic (exact) mass is 465 g/mol. The zero-order chi connectivity index (χ0) is 23.4. The minimum Gasteiger partial charge on any atom is -0.435 e. The fraction of sp³-hybridized carbons (Fsp3) is 0.318. The molecule has 3 heterocycles. The first-order valence-corrected chi connectivity index (χ1v) is 10.2. The number of hydrogen-bond acceptors (Lipinski definition) is 6. The van der Waals surface area contributed by atoms with Crippen molar-refractivity contribution in [1.82, 2.24) is 15.2 Å². The summed E-state index contributed by atoms with van der Waals surface area (Å²) in [6.45, 7) is -2.34. The maximum Gasteiger partial charge on any atom is 0.391 e. The van der Waals surface area contributed by atoms with E-state index in [1.54, 1.807) is 36.5 Å². The predicted molar refractivity (Wildman–Crippen MR) is 113 cm³/mol. The number of anilines is 3. The van der Waals surface area contributed by atoms with Gasteiger partial charge in [0.1, 0.15) is 11.6 Å². The summed E-state index contributed by atoms with van der Waals surface area (Å²) >= 11 is 0. The molecule has 6 nitrogen and oxygen atoms in total. The third kappa shape index (κ3) is 5.85. The van der Waals surface area contributed by atoms with Gasteiger partial charge in [0.15, 0.2) is 5.82 Å². The smallest absolute Gasteiger partial charge is 0.391 e. The molecule has 0 spiro atoms. The Balaban J connectivity index is 1.44. The lowest BCUT2D eigenvalue weighted by Crippen LogP contribution is -2.39. The molecule has 2 aromatic heterocycles. The first kappa shape index (κ1) is 22.7. The quantitative estimate of drug-likeness (QED) is 0.474. The lowest BCUT2D eigenvalue weighted by Gasteiger charge is -2.33. The highest BCUT2D eigenvalue weighted by Gasteiger charge is 2.41. The molecule has 1 aromatic carbocycles. The van der Waals surface area contributed by atoms with Gasteiger partial charge in [-0.2, -0.15) is 27.1 Å². The maximum atomic E-state index is 12.9. The third-order valence-electron chi connectivity index (χ3n) is 5.37. The number of alkyl halides is 5. The summed E-state index contributed by atoms with van der Waals surface area (Å²) in [4.78, 5) is 6.12. The first-order chi connectivity index (χ1) is 15.8. The van der Waals surface area contributed by atoms with Gasteiger partial charge in [-0.25, -0.2) is 4.98 Å². The molecule has 1 N–H and O–H groups in total. The normalized spacial score (nSPS) is 15.0. The topological polar surface area (TPSA) is 63.2 Å². The fourth-order valence-electron chi connectivity index (χ4n) is 3.67. The number of nitrogens with zero attached hydrogens (tertiary/aromatic N) is 4. The Bertz CT molecular complexity index is 1070. The summed E-state index contributed by atoms with van der Waals surface area (Å²) in [6.07, 6.45) is -0.971. The summed E-state index contributed by atoms with van der Waals surface area (Å²) in [5.41, 5.74) is 2.10. The number of aromatic nitrogens is 3. The Morgan fingerprint density at radius 1 is 1.00 bits per heavy atom. The van der Waals surface area contributed by atoms with E-state index >= 15 is 0 Å². The molecule has 0 unspecified atom stereocenters. The fourth-order valence-corrected chi connectivity index (χ4v) is 3.67. The average Bonchev–Trinajstić information content (AvgIpc) is 2.79. The predicted octanol–water partition coefficient (Wildman–Crippen LogP) is 5.66. The molecule has 0 atom stereocenters. The van der Waals surface area contributed by atoms with Crippen LogP contribution < -0.4 is 15.0 Å². The van der Waals surface area contributed by atoms with Crippen LogP contribution in [0.1, 0.15) is 12.8 Å². The lowest BCUT2D eigenvalue weighted by molar-refractivity contribution is -0.179. The zero-order valence-corrected chi connectivity index (χ0v) is 17.3. The number of pyridine rings is 1. The van der Waals surface area contributed by atoms with Crippen LogP contribution in [0, 0.1) is 5.92 Å². The van der Waals surface area contributed by atoms with E-state index in [4.69, 9.17) is 0 Å². The summed E-state index contributed by atoms with van der Waals surface area (Å²) < 4.78 is 67.7. The molecule has 174 valence electrons. The van der Waals surface area contributed by atoms with Gasteiger partial charge in [0, 0.05) is 36.6 Å². The van der Waals surface area contributed by atoms with Gasteiger partial charge in [-0.05, 0) is 42.7 Å². The summed E-state index contributed by atoms with van der Waals surface area (Å²) in [7, 11) is 0. The van der Waals surface area contributed by atoms with Crippen LogP contribution in [-0.4, -0.2) is 41.1 Å². The van der Waals surface area contributed by atoms with Crippen LogP contribution >= 0.6 is 0 Å². The molecule has 0 saturated carbocycles. The highest BCUT2D eigenvalue weighted by Crippen LogP contribution is 2.35. The van der Waals surface area contributed by atoms with E-state index in [0.29, 0.717) is 22.9 Å². The minimum absolute atomic E-state index is 0.0392. The van der Waals surface area contributed by atoms with Gasteiger partial charge in [-0.15, -0.1) is 5.10 Å². The number of ether oxygens (including phenoxy) is 1. The molecule has 1 fully saturated rings. The van der Waals surface area contributed by atoms with Crippen LogP contribution in [0.3, 0.4) is 0 Å². The minimum atomic E-state index is -4.16. The van der Waals surface area contributed by atoms with Gasteiger partial charge in [-0.1, -0.05) is 12.1 Å². The van der Waals surface area contributed by atoms with Gasteiger partial charge in [0.05, 0.1) is 12.1 Å². The second-order valence-electron chi connectivity index (χ2n) is 7.56. The van der Waals surface area contributed by atoms with E-state index in [2.05, 4.69) is 25.2 Å². The number of nitrogens with one attached hydrogen (secondary N) is 1. The van der Waals surface area contributed by atoms with Crippen LogP contribution in [0.2, 0.25) is 0 Å². The third-order valence-corrected chi connectivity index (χ3v) is 5.37. The molecule has 0 bridgehead atoms. The molecule has 1 aliphatic heterocycles. The van der Waals surface area contributed by atoms with E-state index in [0.717, 1.165) is 5.56 Å². The Morgan fingerprint density at radius 2 is 1.73 bits per heavy atom. The number of benzene rings is 1. The first-order valence-electron chi connectivity index (χ1n) is 10.2. The van der Waals surface area contributed by atoms with Gasteiger partial charge in [0.25, 0.3) is 0 Å². The van der Waals surface area contributed by atoms with E-state index in [-0.39, 0.29) is 31.7 Å². The molecule has 11 heteroatoms. The second-order valence-corrected chi connectivity index (χ2v) is 7.56. The van der Waals surface area contributed by atoms with Crippen LogP contribution in [0.5, 0.6) is 5.75 Å². The number of halogens is 5. The molecule has 0 aliphatic carbocycles. The second kappa shape index (κ2) is 9.55. The molecule has 3 aromatic rings. The van der Waals surface area contributed by atoms with Crippen LogP contribution in [0.15, 0.2) is 54.9 Å². The SMILES string of the molecule is FC(F)Oc1ccc(-c2cnnc(Nc3ccnc(N4CCC(C(F)(F)F)CC4)c3)c2)cc1. The molecular formula is C22H20F5N5O. The Morgan fingerprint density at radius 3 is 2.39 bits per heavy atom. The Hall–Kier alpha value is -3.50. The highest BCUT2D eigenvalue weighted by molar-refractivity contribution is 5.68. The van der Waals surface area contributed by atoms with Gasteiger partial charge in [0.2, 0.25) is 0 Å². The van der Waals surface area contributed by atoms with Crippen LogP contribution in [0.4, 0.5) is 39.3 Å². The number of rotatable bonds is 6. The zero-order valence-electron chi connectivity index (χ0n) is 17.3.